The smallest absolute Gasteiger partial charge is 0.417 e. The summed E-state index contributed by atoms with van der Waals surface area (Å²) in [6, 6.07) is 15.4. The number of hydrogen-bond acceptors (Lipinski definition) is 10. The van der Waals surface area contributed by atoms with Crippen LogP contribution in [-0.4, -0.2) is 86.3 Å². The van der Waals surface area contributed by atoms with Gasteiger partial charge in [0.2, 0.25) is 10.0 Å². The lowest BCUT2D eigenvalue weighted by Gasteiger charge is -2.36. The van der Waals surface area contributed by atoms with Crippen LogP contribution in [0.4, 0.5) is 23.7 Å². The molecule has 0 atom stereocenters. The number of methoxy groups -OCH3 is 2. The average molecular weight is 719 g/mol. The fourth-order valence-electron chi connectivity index (χ4n) is 5.71. The summed E-state index contributed by atoms with van der Waals surface area (Å²) in [6.45, 7) is 1.06. The SMILES string of the molecule is COc1ccc(CNS(=O)(=O)c2c(C(F)(F)F)ccc(N3CCC(NCCNC(=O)O)CC3)c2-c2nnnn2Cc2ccc(OC)cc2)cc1. The quantitative estimate of drug-likeness (QED) is 0.140. The molecule has 0 unspecified atom stereocenters. The first-order valence-electron chi connectivity index (χ1n) is 15.6. The van der Waals surface area contributed by atoms with Crippen LogP contribution in [0.2, 0.25) is 0 Å². The van der Waals surface area contributed by atoms with Crippen LogP contribution in [-0.2, 0) is 29.3 Å². The lowest BCUT2D eigenvalue weighted by Crippen LogP contribution is -2.45. The van der Waals surface area contributed by atoms with Gasteiger partial charge in [0.05, 0.1) is 31.9 Å². The molecule has 1 fully saturated rings. The summed E-state index contributed by atoms with van der Waals surface area (Å²) >= 11 is 0. The summed E-state index contributed by atoms with van der Waals surface area (Å²) in [4.78, 5) is 11.6. The first-order chi connectivity index (χ1) is 23.9. The Morgan fingerprint density at radius 2 is 1.56 bits per heavy atom. The number of piperidine rings is 1. The Morgan fingerprint density at radius 1 is 0.940 bits per heavy atom. The van der Waals surface area contributed by atoms with Crippen molar-refractivity contribution in [3.8, 4) is 22.9 Å². The third-order valence-electron chi connectivity index (χ3n) is 8.25. The second-order valence-corrected chi connectivity index (χ2v) is 13.2. The summed E-state index contributed by atoms with van der Waals surface area (Å²) in [5.41, 5.74) is -0.227. The van der Waals surface area contributed by atoms with Crippen molar-refractivity contribution in [2.24, 2.45) is 0 Å². The molecule has 0 bridgehead atoms. The van der Waals surface area contributed by atoms with Crippen molar-refractivity contribution >= 4 is 21.8 Å². The second kappa shape index (κ2) is 15.7. The number of alkyl halides is 3. The molecular weight excluding hydrogens is 681 g/mol. The molecule has 0 spiro atoms. The monoisotopic (exact) mass is 718 g/mol. The normalized spacial score (nSPS) is 14.1. The third-order valence-corrected chi connectivity index (χ3v) is 9.74. The van der Waals surface area contributed by atoms with Crippen molar-refractivity contribution in [1.29, 1.82) is 0 Å². The number of tetrazole rings is 1. The molecule has 3 aromatic carbocycles. The number of sulfonamides is 1. The van der Waals surface area contributed by atoms with Gasteiger partial charge in [0.15, 0.2) is 5.82 Å². The van der Waals surface area contributed by atoms with Crippen LogP contribution < -0.4 is 29.7 Å². The van der Waals surface area contributed by atoms with E-state index in [0.29, 0.717) is 55.1 Å². The van der Waals surface area contributed by atoms with Gasteiger partial charge in [-0.15, -0.1) is 5.10 Å². The summed E-state index contributed by atoms with van der Waals surface area (Å²) in [7, 11) is -1.86. The van der Waals surface area contributed by atoms with Crippen molar-refractivity contribution in [3.05, 3.63) is 77.4 Å². The summed E-state index contributed by atoms with van der Waals surface area (Å²) in [5, 5.41) is 26.3. The average Bonchev–Trinajstić information content (AvgIpc) is 3.56. The molecule has 0 saturated carbocycles. The van der Waals surface area contributed by atoms with Gasteiger partial charge in [0.25, 0.3) is 0 Å². The Kier molecular flexibility index (Phi) is 11.4. The van der Waals surface area contributed by atoms with Crippen LogP contribution in [0.1, 0.15) is 29.5 Å². The molecule has 4 aromatic rings. The molecule has 5 rings (SSSR count). The topological polar surface area (TPSA) is 173 Å². The molecule has 1 aliphatic heterocycles. The van der Waals surface area contributed by atoms with Crippen molar-refractivity contribution in [2.75, 3.05) is 45.3 Å². The number of rotatable bonds is 14. The largest absolute Gasteiger partial charge is 0.497 e. The molecule has 1 aliphatic rings. The second-order valence-electron chi connectivity index (χ2n) is 11.5. The van der Waals surface area contributed by atoms with Crippen molar-refractivity contribution in [1.82, 2.24) is 35.6 Å². The van der Waals surface area contributed by atoms with Crippen molar-refractivity contribution in [3.63, 3.8) is 0 Å². The van der Waals surface area contributed by atoms with E-state index in [4.69, 9.17) is 14.6 Å². The molecule has 2 heterocycles. The van der Waals surface area contributed by atoms with E-state index in [1.807, 2.05) is 4.90 Å². The highest BCUT2D eigenvalue weighted by molar-refractivity contribution is 7.89. The molecule has 0 radical (unpaired) electrons. The molecule has 0 aliphatic carbocycles. The lowest BCUT2D eigenvalue weighted by molar-refractivity contribution is -0.139. The van der Waals surface area contributed by atoms with E-state index in [9.17, 15) is 26.4 Å². The van der Waals surface area contributed by atoms with E-state index in [2.05, 4.69) is 30.9 Å². The first kappa shape index (κ1) is 36.3. The van der Waals surface area contributed by atoms with E-state index in [1.54, 1.807) is 48.5 Å². The van der Waals surface area contributed by atoms with Gasteiger partial charge in [-0.05, 0) is 70.8 Å². The first-order valence-corrected chi connectivity index (χ1v) is 17.1. The van der Waals surface area contributed by atoms with Crippen LogP contribution in [0.5, 0.6) is 11.5 Å². The Balaban J connectivity index is 1.56. The highest BCUT2D eigenvalue weighted by Crippen LogP contribution is 2.44. The lowest BCUT2D eigenvalue weighted by atomic mass is 10.0. The highest BCUT2D eigenvalue weighted by atomic mass is 32.2. The zero-order valence-electron chi connectivity index (χ0n) is 27.3. The molecule has 14 nitrogen and oxygen atoms in total. The summed E-state index contributed by atoms with van der Waals surface area (Å²) in [5.74, 6) is 0.968. The standard InChI is InChI=1S/C32H37F3N8O6S/c1-48-24-7-3-21(4-8-24)19-38-50(46,47)29-26(32(33,34)35)11-12-27(42-17-13-23(14-18-42)36-15-16-37-31(44)45)28(29)30-39-40-41-43(30)20-22-5-9-25(49-2)10-6-22/h3-12,23,36-38H,13-20H2,1-2H3,(H,44,45). The number of nitrogens with zero attached hydrogens (tertiary/aromatic N) is 5. The van der Waals surface area contributed by atoms with E-state index >= 15 is 0 Å². The van der Waals surface area contributed by atoms with Gasteiger partial charge in [0.1, 0.15) is 16.4 Å². The van der Waals surface area contributed by atoms with Crippen LogP contribution in [0.3, 0.4) is 0 Å². The Morgan fingerprint density at radius 3 is 2.14 bits per heavy atom. The highest BCUT2D eigenvalue weighted by Gasteiger charge is 2.42. The van der Waals surface area contributed by atoms with Gasteiger partial charge < -0.3 is 30.1 Å². The molecular formula is C32H37F3N8O6S. The van der Waals surface area contributed by atoms with Gasteiger partial charge in [-0.1, -0.05) is 24.3 Å². The van der Waals surface area contributed by atoms with E-state index < -0.39 is 32.8 Å². The number of halogens is 3. The maximum absolute atomic E-state index is 14.7. The van der Waals surface area contributed by atoms with E-state index in [-0.39, 0.29) is 42.8 Å². The number of hydrogen-bond donors (Lipinski definition) is 4. The minimum absolute atomic E-state index is 0.00880. The van der Waals surface area contributed by atoms with Crippen LogP contribution in [0.25, 0.3) is 11.4 Å². The van der Waals surface area contributed by atoms with Crippen molar-refractivity contribution < 1.29 is 41.0 Å². The molecule has 268 valence electrons. The maximum Gasteiger partial charge on any atom is 0.417 e. The molecule has 4 N–H and O–H groups in total. The Bertz CT molecular complexity index is 1860. The number of amides is 1. The van der Waals surface area contributed by atoms with Crippen LogP contribution >= 0.6 is 0 Å². The molecule has 1 saturated heterocycles. The molecule has 1 aromatic heterocycles. The number of nitrogens with one attached hydrogen (secondary N) is 3. The minimum atomic E-state index is -5.05. The maximum atomic E-state index is 14.7. The van der Waals surface area contributed by atoms with Crippen molar-refractivity contribution in [2.45, 2.75) is 43.0 Å². The zero-order valence-corrected chi connectivity index (χ0v) is 28.1. The number of anilines is 1. The molecule has 1 amide bonds. The third kappa shape index (κ3) is 8.80. The number of ether oxygens (including phenoxy) is 2. The predicted octanol–water partition coefficient (Wildman–Crippen LogP) is 3.73. The van der Waals surface area contributed by atoms with Crippen LogP contribution in [0, 0.1) is 0 Å². The van der Waals surface area contributed by atoms with Crippen LogP contribution in [0.15, 0.2) is 65.6 Å². The molecule has 18 heteroatoms. The van der Waals surface area contributed by atoms with Gasteiger partial charge >= 0.3 is 12.3 Å². The zero-order chi connectivity index (χ0) is 35.9. The van der Waals surface area contributed by atoms with E-state index in [0.717, 1.165) is 6.07 Å². The number of carbonyl (C=O) groups is 1. The predicted molar refractivity (Wildman–Crippen MR) is 177 cm³/mol. The van der Waals surface area contributed by atoms with Gasteiger partial charge in [-0.3, -0.25) is 0 Å². The van der Waals surface area contributed by atoms with Gasteiger partial charge in [-0.25, -0.2) is 22.6 Å². The summed E-state index contributed by atoms with van der Waals surface area (Å²) in [6.07, 6.45) is -5.06. The minimum Gasteiger partial charge on any atom is -0.497 e. The van der Waals surface area contributed by atoms with E-state index in [1.165, 1.54) is 25.0 Å². The Labute approximate surface area is 286 Å². The van der Waals surface area contributed by atoms with Gasteiger partial charge in [-0.2, -0.15) is 13.2 Å². The number of carboxylic acid groups (broad SMARTS) is 1. The fraction of sp³-hybridized carbons (Fsp3) is 0.375. The number of aromatic nitrogens is 4. The Hall–Kier alpha value is -4.94. The van der Waals surface area contributed by atoms with Gasteiger partial charge in [0, 0.05) is 44.5 Å². The number of benzene rings is 3. The fourth-order valence-corrected chi connectivity index (χ4v) is 7.15. The molecule has 50 heavy (non-hydrogen) atoms. The summed E-state index contributed by atoms with van der Waals surface area (Å²) < 4.78 is 86.5.